The van der Waals surface area contributed by atoms with Crippen molar-refractivity contribution in [1.82, 2.24) is 0 Å². The van der Waals surface area contributed by atoms with Gasteiger partial charge in [-0.3, -0.25) is 0 Å². The Morgan fingerprint density at radius 1 is 1.14 bits per heavy atom. The second kappa shape index (κ2) is 10.0. The van der Waals surface area contributed by atoms with E-state index >= 15 is 0 Å². The highest BCUT2D eigenvalue weighted by Gasteiger charge is 2.11. The Morgan fingerprint density at radius 2 is 1.71 bits per heavy atom. The molecule has 0 aliphatic rings. The van der Waals surface area contributed by atoms with Crippen molar-refractivity contribution in [3.63, 3.8) is 0 Å². The Labute approximate surface area is 133 Å². The minimum atomic E-state index is -0.0631. The van der Waals surface area contributed by atoms with E-state index in [1.807, 2.05) is 32.9 Å². The first-order valence-corrected chi connectivity index (χ1v) is 7.93. The first kappa shape index (κ1) is 18.2. The van der Waals surface area contributed by atoms with Crippen LogP contribution >= 0.6 is 11.6 Å². The second-order valence-electron chi connectivity index (χ2n) is 4.88. The van der Waals surface area contributed by atoms with Crippen LogP contribution in [0.15, 0.2) is 18.2 Å². The van der Waals surface area contributed by atoms with Gasteiger partial charge < -0.3 is 20.1 Å². The standard InChI is InChI=1S/C16H27ClN2O2/c1-4-20-10-8-19(9-11-21-5-2)14-6-7-15(13(3)18)16(17)12-14/h6-7,12-13H,4-5,8-11,18H2,1-3H3. The van der Waals surface area contributed by atoms with Gasteiger partial charge in [0, 0.05) is 43.1 Å². The van der Waals surface area contributed by atoms with Gasteiger partial charge in [0.25, 0.3) is 0 Å². The summed E-state index contributed by atoms with van der Waals surface area (Å²) in [6.45, 7) is 10.4. The number of nitrogens with zero attached hydrogens (tertiary/aromatic N) is 1. The lowest BCUT2D eigenvalue weighted by Crippen LogP contribution is -2.31. The van der Waals surface area contributed by atoms with Gasteiger partial charge in [-0.2, -0.15) is 0 Å². The summed E-state index contributed by atoms with van der Waals surface area (Å²) in [4.78, 5) is 2.22. The van der Waals surface area contributed by atoms with Crippen LogP contribution in [0.25, 0.3) is 0 Å². The maximum atomic E-state index is 6.32. The van der Waals surface area contributed by atoms with E-state index < -0.39 is 0 Å². The number of anilines is 1. The molecule has 1 unspecified atom stereocenters. The van der Waals surface area contributed by atoms with E-state index in [1.165, 1.54) is 0 Å². The van der Waals surface area contributed by atoms with Gasteiger partial charge in [-0.05, 0) is 38.5 Å². The van der Waals surface area contributed by atoms with E-state index in [4.69, 9.17) is 26.8 Å². The predicted octanol–water partition coefficient (Wildman–Crippen LogP) is 3.24. The van der Waals surface area contributed by atoms with Gasteiger partial charge in [0.1, 0.15) is 0 Å². The third-order valence-electron chi connectivity index (χ3n) is 3.26. The van der Waals surface area contributed by atoms with Gasteiger partial charge in [-0.1, -0.05) is 17.7 Å². The quantitative estimate of drug-likeness (QED) is 0.674. The lowest BCUT2D eigenvalue weighted by Gasteiger charge is -2.25. The van der Waals surface area contributed by atoms with Crippen LogP contribution in [0.5, 0.6) is 0 Å². The van der Waals surface area contributed by atoms with Gasteiger partial charge in [0.15, 0.2) is 0 Å². The fourth-order valence-electron chi connectivity index (χ4n) is 2.09. The molecular weight excluding hydrogens is 288 g/mol. The largest absolute Gasteiger partial charge is 0.380 e. The normalized spacial score (nSPS) is 12.4. The zero-order valence-corrected chi connectivity index (χ0v) is 14.0. The van der Waals surface area contributed by atoms with E-state index in [0.717, 1.165) is 37.6 Å². The Hall–Kier alpha value is -0.810. The first-order chi connectivity index (χ1) is 10.1. The molecule has 0 amide bonds. The van der Waals surface area contributed by atoms with Crippen molar-refractivity contribution in [3.05, 3.63) is 28.8 Å². The molecule has 0 saturated carbocycles. The highest BCUT2D eigenvalue weighted by molar-refractivity contribution is 6.31. The van der Waals surface area contributed by atoms with Crippen molar-refractivity contribution in [1.29, 1.82) is 0 Å². The number of benzene rings is 1. The van der Waals surface area contributed by atoms with Crippen LogP contribution in [0.3, 0.4) is 0 Å². The molecule has 0 bridgehead atoms. The minimum absolute atomic E-state index is 0.0631. The second-order valence-corrected chi connectivity index (χ2v) is 5.28. The number of rotatable bonds is 10. The summed E-state index contributed by atoms with van der Waals surface area (Å²) >= 11 is 6.32. The van der Waals surface area contributed by atoms with Crippen molar-refractivity contribution in [2.45, 2.75) is 26.8 Å². The first-order valence-electron chi connectivity index (χ1n) is 7.55. The Bertz CT molecular complexity index is 403. The average molecular weight is 315 g/mol. The van der Waals surface area contributed by atoms with Gasteiger partial charge in [-0.25, -0.2) is 0 Å². The minimum Gasteiger partial charge on any atom is -0.380 e. The van der Waals surface area contributed by atoms with E-state index in [1.54, 1.807) is 0 Å². The predicted molar refractivity (Wildman–Crippen MR) is 89.3 cm³/mol. The Morgan fingerprint density at radius 3 is 2.14 bits per heavy atom. The van der Waals surface area contributed by atoms with E-state index in [2.05, 4.69) is 11.0 Å². The third kappa shape index (κ3) is 6.22. The van der Waals surface area contributed by atoms with Crippen LogP contribution in [0.1, 0.15) is 32.4 Å². The summed E-state index contributed by atoms with van der Waals surface area (Å²) in [5.41, 5.74) is 7.94. The van der Waals surface area contributed by atoms with Gasteiger partial charge in [0.05, 0.1) is 13.2 Å². The number of ether oxygens (including phenoxy) is 2. The third-order valence-corrected chi connectivity index (χ3v) is 3.59. The summed E-state index contributed by atoms with van der Waals surface area (Å²) in [5, 5.41) is 0.709. The smallest absolute Gasteiger partial charge is 0.0641 e. The number of halogens is 1. The Balaban J connectivity index is 2.77. The lowest BCUT2D eigenvalue weighted by atomic mass is 10.1. The fourth-order valence-corrected chi connectivity index (χ4v) is 2.44. The molecule has 2 N–H and O–H groups in total. The van der Waals surface area contributed by atoms with Gasteiger partial charge >= 0.3 is 0 Å². The van der Waals surface area contributed by atoms with Crippen LogP contribution < -0.4 is 10.6 Å². The molecule has 0 aromatic heterocycles. The molecule has 0 aliphatic carbocycles. The molecule has 4 nitrogen and oxygen atoms in total. The van der Waals surface area contributed by atoms with Crippen LogP contribution in [0.4, 0.5) is 5.69 Å². The lowest BCUT2D eigenvalue weighted by molar-refractivity contribution is 0.141. The van der Waals surface area contributed by atoms with Crippen LogP contribution in [0, 0.1) is 0 Å². The maximum Gasteiger partial charge on any atom is 0.0641 e. The molecule has 0 spiro atoms. The van der Waals surface area contributed by atoms with Crippen LogP contribution in [-0.2, 0) is 9.47 Å². The molecule has 0 aliphatic heterocycles. The number of hydrogen-bond acceptors (Lipinski definition) is 4. The molecule has 0 heterocycles. The number of nitrogens with two attached hydrogens (primary N) is 1. The molecule has 0 fully saturated rings. The molecule has 1 atom stereocenters. The Kier molecular flexibility index (Phi) is 8.69. The van der Waals surface area contributed by atoms with Crippen molar-refractivity contribution in [2.24, 2.45) is 5.73 Å². The molecule has 1 rings (SSSR count). The molecular formula is C16H27ClN2O2. The van der Waals surface area contributed by atoms with Crippen LogP contribution in [-0.4, -0.2) is 39.5 Å². The molecule has 21 heavy (non-hydrogen) atoms. The number of hydrogen-bond donors (Lipinski definition) is 1. The molecule has 5 heteroatoms. The van der Waals surface area contributed by atoms with Crippen LogP contribution in [0.2, 0.25) is 5.02 Å². The SMILES string of the molecule is CCOCCN(CCOCC)c1ccc(C(C)N)c(Cl)c1. The molecule has 0 saturated heterocycles. The van der Waals surface area contributed by atoms with Crippen molar-refractivity contribution < 1.29 is 9.47 Å². The highest BCUT2D eigenvalue weighted by atomic mass is 35.5. The topological polar surface area (TPSA) is 47.7 Å². The van der Waals surface area contributed by atoms with E-state index in [-0.39, 0.29) is 6.04 Å². The fraction of sp³-hybridized carbons (Fsp3) is 0.625. The molecule has 0 radical (unpaired) electrons. The summed E-state index contributed by atoms with van der Waals surface area (Å²) in [6.07, 6.45) is 0. The molecule has 120 valence electrons. The zero-order valence-electron chi connectivity index (χ0n) is 13.3. The highest BCUT2D eigenvalue weighted by Crippen LogP contribution is 2.27. The summed E-state index contributed by atoms with van der Waals surface area (Å²) in [7, 11) is 0. The summed E-state index contributed by atoms with van der Waals surface area (Å²) < 4.78 is 10.9. The zero-order chi connectivity index (χ0) is 15.7. The van der Waals surface area contributed by atoms with E-state index in [0.29, 0.717) is 18.2 Å². The molecule has 1 aromatic rings. The average Bonchev–Trinajstić information content (AvgIpc) is 2.45. The van der Waals surface area contributed by atoms with E-state index in [9.17, 15) is 0 Å². The van der Waals surface area contributed by atoms with Gasteiger partial charge in [0.2, 0.25) is 0 Å². The van der Waals surface area contributed by atoms with Crippen molar-refractivity contribution >= 4 is 17.3 Å². The monoisotopic (exact) mass is 314 g/mol. The van der Waals surface area contributed by atoms with Gasteiger partial charge in [-0.15, -0.1) is 0 Å². The summed E-state index contributed by atoms with van der Waals surface area (Å²) in [6, 6.07) is 5.96. The maximum absolute atomic E-state index is 6.32. The van der Waals surface area contributed by atoms with Crippen molar-refractivity contribution in [3.8, 4) is 0 Å². The summed E-state index contributed by atoms with van der Waals surface area (Å²) in [5.74, 6) is 0. The van der Waals surface area contributed by atoms with Crippen molar-refractivity contribution in [2.75, 3.05) is 44.4 Å². The molecule has 1 aromatic carbocycles.